The third-order valence-electron chi connectivity index (χ3n) is 1.86. The van der Waals surface area contributed by atoms with E-state index in [0.717, 1.165) is 17.9 Å². The standard InChI is InChI=1S/C10H12F/c1-3-8(2)9-6-4-5-7-10(9)11/h4-7H,3H2,1-2H3. The highest BCUT2D eigenvalue weighted by atomic mass is 19.1. The predicted octanol–water partition coefficient (Wildman–Crippen LogP) is 3.18. The monoisotopic (exact) mass is 151 g/mol. The van der Waals surface area contributed by atoms with Gasteiger partial charge in [-0.25, -0.2) is 4.39 Å². The zero-order valence-corrected chi connectivity index (χ0v) is 6.89. The third-order valence-corrected chi connectivity index (χ3v) is 1.86. The van der Waals surface area contributed by atoms with Crippen molar-refractivity contribution in [2.45, 2.75) is 20.3 Å². The summed E-state index contributed by atoms with van der Waals surface area (Å²) in [5, 5.41) is 0. The Labute approximate surface area is 67.1 Å². The maximum absolute atomic E-state index is 13.0. The normalized spacial score (nSPS) is 10.5. The first kappa shape index (κ1) is 8.25. The number of hydrogen-bond acceptors (Lipinski definition) is 0. The van der Waals surface area contributed by atoms with Gasteiger partial charge in [-0.05, 0) is 18.1 Å². The molecule has 1 rings (SSSR count). The molecule has 0 bridgehead atoms. The van der Waals surface area contributed by atoms with Crippen LogP contribution in [0.2, 0.25) is 0 Å². The van der Waals surface area contributed by atoms with E-state index in [2.05, 4.69) is 0 Å². The minimum Gasteiger partial charge on any atom is -0.207 e. The molecule has 0 aromatic heterocycles. The van der Waals surface area contributed by atoms with Gasteiger partial charge in [0.05, 0.1) is 0 Å². The predicted molar refractivity (Wildman–Crippen MR) is 44.7 cm³/mol. The van der Waals surface area contributed by atoms with Crippen LogP contribution in [0.1, 0.15) is 25.8 Å². The molecule has 0 amide bonds. The van der Waals surface area contributed by atoms with Crippen LogP contribution in [-0.2, 0) is 0 Å². The van der Waals surface area contributed by atoms with Crippen molar-refractivity contribution >= 4 is 0 Å². The van der Waals surface area contributed by atoms with Gasteiger partial charge in [0.1, 0.15) is 5.82 Å². The Morgan fingerprint density at radius 1 is 1.36 bits per heavy atom. The molecule has 0 heterocycles. The van der Waals surface area contributed by atoms with Gasteiger partial charge < -0.3 is 0 Å². The molecule has 0 spiro atoms. The second kappa shape index (κ2) is 3.51. The molecule has 0 unspecified atom stereocenters. The summed E-state index contributed by atoms with van der Waals surface area (Å²) >= 11 is 0. The van der Waals surface area contributed by atoms with Crippen LogP contribution in [0.3, 0.4) is 0 Å². The molecule has 11 heavy (non-hydrogen) atoms. The molecule has 1 radical (unpaired) electrons. The molecule has 0 atom stereocenters. The molecule has 0 saturated carbocycles. The molecular weight excluding hydrogens is 139 g/mol. The van der Waals surface area contributed by atoms with Crippen LogP contribution in [0.5, 0.6) is 0 Å². The van der Waals surface area contributed by atoms with E-state index >= 15 is 0 Å². The molecule has 0 aliphatic carbocycles. The van der Waals surface area contributed by atoms with Crippen LogP contribution >= 0.6 is 0 Å². The summed E-state index contributed by atoms with van der Waals surface area (Å²) in [4.78, 5) is 0. The second-order valence-corrected chi connectivity index (χ2v) is 2.61. The van der Waals surface area contributed by atoms with Gasteiger partial charge in [-0.3, -0.25) is 0 Å². The van der Waals surface area contributed by atoms with Gasteiger partial charge in [-0.15, -0.1) is 0 Å². The highest BCUT2D eigenvalue weighted by Gasteiger charge is 2.07. The zero-order valence-electron chi connectivity index (χ0n) is 6.89. The summed E-state index contributed by atoms with van der Waals surface area (Å²) in [5.74, 6) is 0.981. The molecule has 0 aliphatic heterocycles. The molecule has 0 saturated heterocycles. The molecule has 1 aromatic rings. The van der Waals surface area contributed by atoms with Crippen molar-refractivity contribution in [2.24, 2.45) is 0 Å². The first-order valence-corrected chi connectivity index (χ1v) is 3.83. The largest absolute Gasteiger partial charge is 0.207 e. The lowest BCUT2D eigenvalue weighted by Gasteiger charge is -2.07. The molecule has 0 fully saturated rings. The topological polar surface area (TPSA) is 0 Å². The highest BCUT2D eigenvalue weighted by molar-refractivity contribution is 5.30. The Kier molecular flexibility index (Phi) is 2.64. The maximum Gasteiger partial charge on any atom is 0.126 e. The quantitative estimate of drug-likeness (QED) is 0.609. The maximum atomic E-state index is 13.0. The molecule has 1 aromatic carbocycles. The molecular formula is C10H12F. The van der Waals surface area contributed by atoms with Crippen LogP contribution < -0.4 is 0 Å². The van der Waals surface area contributed by atoms with Crippen LogP contribution in [-0.4, -0.2) is 0 Å². The summed E-state index contributed by atoms with van der Waals surface area (Å²) < 4.78 is 13.0. The molecule has 0 N–H and O–H groups in total. The molecule has 1 heteroatoms. The average Bonchev–Trinajstić information content (AvgIpc) is 2.04. The lowest BCUT2D eigenvalue weighted by Crippen LogP contribution is -1.95. The highest BCUT2D eigenvalue weighted by Crippen LogP contribution is 2.19. The van der Waals surface area contributed by atoms with Gasteiger partial charge >= 0.3 is 0 Å². The van der Waals surface area contributed by atoms with Crippen LogP contribution in [0.4, 0.5) is 4.39 Å². The lowest BCUT2D eigenvalue weighted by molar-refractivity contribution is 0.612. The van der Waals surface area contributed by atoms with Crippen LogP contribution in [0.25, 0.3) is 0 Å². The number of benzene rings is 1. The van der Waals surface area contributed by atoms with Crippen LogP contribution in [0, 0.1) is 11.7 Å². The van der Waals surface area contributed by atoms with E-state index in [9.17, 15) is 4.39 Å². The number of rotatable bonds is 2. The average molecular weight is 151 g/mol. The summed E-state index contributed by atoms with van der Waals surface area (Å²) in [5.41, 5.74) is 0.745. The van der Waals surface area contributed by atoms with Crippen molar-refractivity contribution in [2.75, 3.05) is 0 Å². The minimum atomic E-state index is -0.119. The summed E-state index contributed by atoms with van der Waals surface area (Å²) in [6.07, 6.45) is 0.904. The van der Waals surface area contributed by atoms with E-state index in [1.54, 1.807) is 6.07 Å². The van der Waals surface area contributed by atoms with Gasteiger partial charge in [-0.2, -0.15) is 0 Å². The first-order chi connectivity index (χ1) is 5.25. The summed E-state index contributed by atoms with van der Waals surface area (Å²) in [6.45, 7) is 3.99. The van der Waals surface area contributed by atoms with Crippen molar-refractivity contribution in [1.82, 2.24) is 0 Å². The summed E-state index contributed by atoms with van der Waals surface area (Å²) in [6, 6.07) is 6.88. The number of halogens is 1. The molecule has 59 valence electrons. The van der Waals surface area contributed by atoms with Crippen molar-refractivity contribution in [3.63, 3.8) is 0 Å². The van der Waals surface area contributed by atoms with E-state index in [0.29, 0.717) is 0 Å². The zero-order chi connectivity index (χ0) is 8.27. The van der Waals surface area contributed by atoms with Gasteiger partial charge in [-0.1, -0.05) is 32.0 Å². The van der Waals surface area contributed by atoms with E-state index in [4.69, 9.17) is 0 Å². The van der Waals surface area contributed by atoms with E-state index < -0.39 is 0 Å². The fourth-order valence-electron chi connectivity index (χ4n) is 0.998. The van der Waals surface area contributed by atoms with Crippen molar-refractivity contribution in [3.05, 3.63) is 41.6 Å². The van der Waals surface area contributed by atoms with Gasteiger partial charge in [0, 0.05) is 5.92 Å². The first-order valence-electron chi connectivity index (χ1n) is 3.83. The van der Waals surface area contributed by atoms with Gasteiger partial charge in [0.25, 0.3) is 0 Å². The van der Waals surface area contributed by atoms with Gasteiger partial charge in [0.15, 0.2) is 0 Å². The molecule has 0 nitrogen and oxygen atoms in total. The Morgan fingerprint density at radius 3 is 2.55 bits per heavy atom. The van der Waals surface area contributed by atoms with E-state index in [1.807, 2.05) is 26.0 Å². The fraction of sp³-hybridized carbons (Fsp3) is 0.300. The second-order valence-electron chi connectivity index (χ2n) is 2.61. The Balaban J connectivity index is 2.93. The smallest absolute Gasteiger partial charge is 0.126 e. The Hall–Kier alpha value is -0.850. The third kappa shape index (κ3) is 1.79. The van der Waals surface area contributed by atoms with E-state index in [1.165, 1.54) is 6.07 Å². The van der Waals surface area contributed by atoms with Crippen molar-refractivity contribution in [1.29, 1.82) is 0 Å². The summed E-state index contributed by atoms with van der Waals surface area (Å²) in [7, 11) is 0. The van der Waals surface area contributed by atoms with Gasteiger partial charge in [0.2, 0.25) is 0 Å². The lowest BCUT2D eigenvalue weighted by atomic mass is 9.98. The fourth-order valence-corrected chi connectivity index (χ4v) is 0.998. The SMILES string of the molecule is CC[C](C)c1ccccc1F. The van der Waals surface area contributed by atoms with Crippen molar-refractivity contribution < 1.29 is 4.39 Å². The van der Waals surface area contributed by atoms with Crippen LogP contribution in [0.15, 0.2) is 24.3 Å². The van der Waals surface area contributed by atoms with E-state index in [-0.39, 0.29) is 5.82 Å². The van der Waals surface area contributed by atoms with Crippen molar-refractivity contribution in [3.8, 4) is 0 Å². The number of hydrogen-bond donors (Lipinski definition) is 0. The minimum absolute atomic E-state index is 0.119. The molecule has 0 aliphatic rings. The Bertz CT molecular complexity index is 230. The Morgan fingerprint density at radius 2 is 2.00 bits per heavy atom.